The minimum atomic E-state index is -4.95. The molecule has 0 radical (unpaired) electrons. The Morgan fingerprint density at radius 1 is 1.12 bits per heavy atom. The highest BCUT2D eigenvalue weighted by Gasteiger charge is 2.39. The van der Waals surface area contributed by atoms with Crippen LogP contribution in [0.2, 0.25) is 5.02 Å². The fraction of sp³-hybridized carbons (Fsp3) is 0.208. The molecule has 5 rings (SSSR count). The van der Waals surface area contributed by atoms with Crippen LogP contribution in [0, 0.1) is 6.92 Å². The molecule has 0 aliphatic heterocycles. The zero-order chi connectivity index (χ0) is 29.3. The lowest BCUT2D eigenvalue weighted by atomic mass is 10.1. The predicted octanol–water partition coefficient (Wildman–Crippen LogP) is 3.33. The number of rotatable bonds is 8. The summed E-state index contributed by atoms with van der Waals surface area (Å²) in [6, 6.07) is 12.5. The quantitative estimate of drug-likeness (QED) is 0.274. The summed E-state index contributed by atoms with van der Waals surface area (Å²) in [6.07, 6.45) is -6.42. The number of aromatic nitrogens is 8. The van der Waals surface area contributed by atoms with Crippen molar-refractivity contribution in [1.29, 1.82) is 0 Å². The number of aliphatic hydroxyl groups excluding tert-OH is 1. The summed E-state index contributed by atoms with van der Waals surface area (Å²) >= 11 is 7.13. The third kappa shape index (κ3) is 6.18. The van der Waals surface area contributed by atoms with Crippen LogP contribution in [-0.4, -0.2) is 62.6 Å². The van der Waals surface area contributed by atoms with E-state index in [9.17, 15) is 27.9 Å². The summed E-state index contributed by atoms with van der Waals surface area (Å²) < 4.78 is 42.3. The standard InChI is InChI=1S/C24H19ClF3N9O3S/c1-13-31-32-22(41-13)30-21(39)16-4-2-3-5-17(16)37-12-29-19(33-37)11-36-23(40)35(10-18(38)24(26,27)28)20(34-36)14-6-8-15(25)9-7-14/h2-9,12,18,38H,10-11H2,1H3,(H,30,32,39)/t18-/m0/s1. The van der Waals surface area contributed by atoms with Crippen LogP contribution in [0.1, 0.15) is 21.2 Å². The number of carbonyl (C=O) groups excluding carboxylic acids is 1. The van der Waals surface area contributed by atoms with Crippen molar-refractivity contribution in [2.24, 2.45) is 0 Å². The number of para-hydroxylation sites is 1. The number of benzene rings is 2. The van der Waals surface area contributed by atoms with E-state index in [0.29, 0.717) is 26.4 Å². The summed E-state index contributed by atoms with van der Waals surface area (Å²) in [5.74, 6) is -0.478. The Bertz CT molecular complexity index is 1760. The zero-order valence-corrected chi connectivity index (χ0v) is 22.5. The molecule has 0 aliphatic carbocycles. The number of nitrogens with one attached hydrogen (secondary N) is 1. The number of amides is 1. The normalized spacial score (nSPS) is 12.4. The van der Waals surface area contributed by atoms with Gasteiger partial charge in [-0.25, -0.2) is 19.1 Å². The highest BCUT2D eigenvalue weighted by molar-refractivity contribution is 7.15. The lowest BCUT2D eigenvalue weighted by Gasteiger charge is -2.15. The van der Waals surface area contributed by atoms with Gasteiger partial charge < -0.3 is 5.11 Å². The Balaban J connectivity index is 1.44. The van der Waals surface area contributed by atoms with Crippen molar-refractivity contribution >= 4 is 34.0 Å². The smallest absolute Gasteiger partial charge is 0.382 e. The van der Waals surface area contributed by atoms with Gasteiger partial charge in [-0.05, 0) is 43.3 Å². The van der Waals surface area contributed by atoms with Crippen LogP contribution in [0.3, 0.4) is 0 Å². The summed E-state index contributed by atoms with van der Waals surface area (Å²) in [5, 5.41) is 30.0. The number of halogens is 4. The summed E-state index contributed by atoms with van der Waals surface area (Å²) in [5.41, 5.74) is 0.0211. The predicted molar refractivity (Wildman–Crippen MR) is 142 cm³/mol. The van der Waals surface area contributed by atoms with Gasteiger partial charge >= 0.3 is 11.9 Å². The maximum absolute atomic E-state index is 13.1. The van der Waals surface area contributed by atoms with Gasteiger partial charge in [0.25, 0.3) is 5.91 Å². The molecule has 0 fully saturated rings. The molecule has 1 atom stereocenters. The number of anilines is 1. The van der Waals surface area contributed by atoms with E-state index < -0.39 is 30.4 Å². The molecule has 0 unspecified atom stereocenters. The van der Waals surface area contributed by atoms with E-state index in [-0.39, 0.29) is 23.8 Å². The summed E-state index contributed by atoms with van der Waals surface area (Å²) in [6.45, 7) is 0.377. The molecular formula is C24H19ClF3N9O3S. The van der Waals surface area contributed by atoms with Crippen LogP contribution in [-0.2, 0) is 13.1 Å². The molecule has 0 spiro atoms. The van der Waals surface area contributed by atoms with Crippen LogP contribution < -0.4 is 11.0 Å². The van der Waals surface area contributed by atoms with Crippen LogP contribution in [0.4, 0.5) is 18.3 Å². The monoisotopic (exact) mass is 605 g/mol. The fourth-order valence-electron chi connectivity index (χ4n) is 3.79. The lowest BCUT2D eigenvalue weighted by Crippen LogP contribution is -2.37. The van der Waals surface area contributed by atoms with Crippen LogP contribution in [0.25, 0.3) is 17.1 Å². The van der Waals surface area contributed by atoms with Crippen molar-refractivity contribution < 1.29 is 23.1 Å². The number of hydrogen-bond acceptors (Lipinski definition) is 9. The van der Waals surface area contributed by atoms with Crippen molar-refractivity contribution in [2.45, 2.75) is 32.3 Å². The molecule has 1 amide bonds. The highest BCUT2D eigenvalue weighted by atomic mass is 35.5. The third-order valence-corrected chi connectivity index (χ3v) is 6.74. The van der Waals surface area contributed by atoms with Gasteiger partial charge in [0.05, 0.1) is 17.8 Å². The molecule has 212 valence electrons. The van der Waals surface area contributed by atoms with E-state index in [0.717, 1.165) is 9.25 Å². The van der Waals surface area contributed by atoms with Gasteiger partial charge in [-0.3, -0.25) is 14.7 Å². The van der Waals surface area contributed by atoms with E-state index in [2.05, 4.69) is 30.7 Å². The number of hydrogen-bond donors (Lipinski definition) is 2. The largest absolute Gasteiger partial charge is 0.416 e. The average Bonchev–Trinajstić information content (AvgIpc) is 3.64. The number of alkyl halides is 3. The second-order valence-corrected chi connectivity index (χ2v) is 10.3. The van der Waals surface area contributed by atoms with Gasteiger partial charge in [-0.1, -0.05) is 35.1 Å². The Hall–Kier alpha value is -4.41. The molecule has 0 saturated carbocycles. The fourth-order valence-corrected chi connectivity index (χ4v) is 4.51. The molecule has 0 saturated heterocycles. The number of aliphatic hydroxyl groups is 1. The molecule has 2 aromatic carbocycles. The molecule has 2 N–H and O–H groups in total. The minimum absolute atomic E-state index is 0.0886. The molecule has 0 aliphatic rings. The second kappa shape index (κ2) is 11.2. The Morgan fingerprint density at radius 2 is 1.85 bits per heavy atom. The number of carbonyl (C=O) groups is 1. The van der Waals surface area contributed by atoms with E-state index in [1.807, 2.05) is 0 Å². The molecule has 3 aromatic heterocycles. The highest BCUT2D eigenvalue weighted by Crippen LogP contribution is 2.24. The summed E-state index contributed by atoms with van der Waals surface area (Å²) in [4.78, 5) is 30.2. The summed E-state index contributed by atoms with van der Waals surface area (Å²) in [7, 11) is 0. The van der Waals surface area contributed by atoms with Gasteiger partial charge in [0.1, 0.15) is 17.9 Å². The van der Waals surface area contributed by atoms with Crippen molar-refractivity contribution in [1.82, 2.24) is 39.3 Å². The molecule has 41 heavy (non-hydrogen) atoms. The van der Waals surface area contributed by atoms with E-state index in [4.69, 9.17) is 11.6 Å². The van der Waals surface area contributed by atoms with E-state index >= 15 is 0 Å². The van der Waals surface area contributed by atoms with Crippen LogP contribution >= 0.6 is 22.9 Å². The first kappa shape index (κ1) is 28.1. The maximum Gasteiger partial charge on any atom is 0.416 e. The van der Waals surface area contributed by atoms with E-state index in [1.54, 1.807) is 31.2 Å². The lowest BCUT2D eigenvalue weighted by molar-refractivity contribution is -0.207. The average molecular weight is 606 g/mol. The van der Waals surface area contributed by atoms with Crippen molar-refractivity contribution in [3.05, 3.63) is 86.8 Å². The molecule has 0 bridgehead atoms. The first-order valence-electron chi connectivity index (χ1n) is 11.8. The van der Waals surface area contributed by atoms with Gasteiger partial charge in [0.15, 0.2) is 17.8 Å². The molecule has 5 aromatic rings. The van der Waals surface area contributed by atoms with Gasteiger partial charge in [-0.15, -0.1) is 20.4 Å². The number of nitrogens with zero attached hydrogens (tertiary/aromatic N) is 8. The maximum atomic E-state index is 13.1. The van der Waals surface area contributed by atoms with Gasteiger partial charge in [0, 0.05) is 10.6 Å². The first-order chi connectivity index (χ1) is 19.5. The first-order valence-corrected chi connectivity index (χ1v) is 13.0. The van der Waals surface area contributed by atoms with Gasteiger partial charge in [0.2, 0.25) is 5.13 Å². The zero-order valence-electron chi connectivity index (χ0n) is 20.9. The topological polar surface area (TPSA) is 146 Å². The van der Waals surface area contributed by atoms with Crippen molar-refractivity contribution in [3.8, 4) is 17.1 Å². The Labute approximate surface area is 237 Å². The Morgan fingerprint density at radius 3 is 2.54 bits per heavy atom. The second-order valence-electron chi connectivity index (χ2n) is 8.64. The third-order valence-electron chi connectivity index (χ3n) is 5.73. The molecule has 3 heterocycles. The van der Waals surface area contributed by atoms with E-state index in [1.165, 1.54) is 46.6 Å². The van der Waals surface area contributed by atoms with Crippen LogP contribution in [0.5, 0.6) is 0 Å². The van der Waals surface area contributed by atoms with Crippen LogP contribution in [0.15, 0.2) is 59.7 Å². The molecule has 17 heteroatoms. The molecular weight excluding hydrogens is 587 g/mol. The van der Waals surface area contributed by atoms with Crippen molar-refractivity contribution in [2.75, 3.05) is 5.32 Å². The minimum Gasteiger partial charge on any atom is -0.382 e. The van der Waals surface area contributed by atoms with Gasteiger partial charge in [-0.2, -0.15) is 13.2 Å². The SMILES string of the molecule is Cc1nnc(NC(=O)c2ccccc2-n2cnc(Cn3nc(-c4ccc(Cl)cc4)n(C[C@H](O)C(F)(F)F)c3=O)n2)s1. The number of aryl methyl sites for hydroxylation is 1. The molecule has 12 nitrogen and oxygen atoms in total. The Kier molecular flexibility index (Phi) is 7.70. The van der Waals surface area contributed by atoms with Crippen molar-refractivity contribution in [3.63, 3.8) is 0 Å².